The third kappa shape index (κ3) is 6.58. The third-order valence-electron chi connectivity index (χ3n) is 4.41. The number of benzene rings is 1. The minimum atomic E-state index is -0.454. The first-order valence-electron chi connectivity index (χ1n) is 9.31. The predicted octanol–water partition coefficient (Wildman–Crippen LogP) is 5.91. The largest absolute Gasteiger partial charge is 0.444 e. The van der Waals surface area contributed by atoms with E-state index in [0.717, 1.165) is 12.8 Å². The molecular formula is C21H33NO2S. The molecule has 1 aliphatic rings. The van der Waals surface area contributed by atoms with Crippen molar-refractivity contribution < 1.29 is 9.53 Å². The van der Waals surface area contributed by atoms with Gasteiger partial charge in [-0.25, -0.2) is 4.79 Å². The predicted molar refractivity (Wildman–Crippen MR) is 106 cm³/mol. The van der Waals surface area contributed by atoms with Crippen molar-refractivity contribution >= 4 is 17.9 Å². The van der Waals surface area contributed by atoms with Gasteiger partial charge in [0.1, 0.15) is 5.60 Å². The minimum absolute atomic E-state index is 0.175. The standard InChI is InChI=1S/C21H33NO2S/c1-20(2,3)15-11-13-16(14-12-15)25-18-10-8-7-9-17(18)22-19(23)24-21(4,5)6/h11-14,17-18H,7-10H2,1-6H3,(H,22,23)/t17-,18-/m1/s1. The Hall–Kier alpha value is -1.16. The highest BCUT2D eigenvalue weighted by Gasteiger charge is 2.29. The fraction of sp³-hybridized carbons (Fsp3) is 0.667. The van der Waals surface area contributed by atoms with E-state index in [-0.39, 0.29) is 17.6 Å². The maximum atomic E-state index is 12.1. The van der Waals surface area contributed by atoms with E-state index in [9.17, 15) is 4.79 Å². The Kier molecular flexibility index (Phi) is 6.47. The molecule has 0 heterocycles. The van der Waals surface area contributed by atoms with Crippen LogP contribution in [0.2, 0.25) is 0 Å². The number of nitrogens with one attached hydrogen (secondary N) is 1. The van der Waals surface area contributed by atoms with Gasteiger partial charge in [0.25, 0.3) is 0 Å². The molecule has 0 aliphatic heterocycles. The Balaban J connectivity index is 1.99. The summed E-state index contributed by atoms with van der Waals surface area (Å²) in [5, 5.41) is 3.50. The summed E-state index contributed by atoms with van der Waals surface area (Å²) in [5.41, 5.74) is 1.07. The van der Waals surface area contributed by atoms with Gasteiger partial charge >= 0.3 is 6.09 Å². The van der Waals surface area contributed by atoms with E-state index in [2.05, 4.69) is 50.4 Å². The molecular weight excluding hydrogens is 330 g/mol. The second-order valence-electron chi connectivity index (χ2n) is 8.97. The molecule has 3 nitrogen and oxygen atoms in total. The molecule has 1 aromatic rings. The normalized spacial score (nSPS) is 21.7. The molecule has 1 amide bonds. The highest BCUT2D eigenvalue weighted by molar-refractivity contribution is 8.00. The zero-order chi connectivity index (χ0) is 18.7. The molecule has 1 saturated carbocycles. The molecule has 0 aromatic heterocycles. The zero-order valence-corrected chi connectivity index (χ0v) is 17.3. The van der Waals surface area contributed by atoms with Gasteiger partial charge in [-0.2, -0.15) is 0 Å². The third-order valence-corrected chi connectivity index (χ3v) is 5.82. The molecule has 0 saturated heterocycles. The van der Waals surface area contributed by atoms with E-state index in [1.807, 2.05) is 32.5 Å². The van der Waals surface area contributed by atoms with Crippen LogP contribution in [0.15, 0.2) is 29.2 Å². The van der Waals surface area contributed by atoms with Crippen molar-refractivity contribution in [3.8, 4) is 0 Å². The van der Waals surface area contributed by atoms with Gasteiger partial charge < -0.3 is 10.1 Å². The number of hydrogen-bond donors (Lipinski definition) is 1. The molecule has 1 N–H and O–H groups in total. The summed E-state index contributed by atoms with van der Waals surface area (Å²) in [6.45, 7) is 12.4. The van der Waals surface area contributed by atoms with Crippen molar-refractivity contribution in [2.45, 2.75) is 94.4 Å². The number of thioether (sulfide) groups is 1. The van der Waals surface area contributed by atoms with Crippen LogP contribution in [-0.4, -0.2) is 23.0 Å². The van der Waals surface area contributed by atoms with Gasteiger partial charge in [-0.1, -0.05) is 45.7 Å². The summed E-state index contributed by atoms with van der Waals surface area (Å²) in [6.07, 6.45) is 4.25. The smallest absolute Gasteiger partial charge is 0.407 e. The second kappa shape index (κ2) is 8.03. The summed E-state index contributed by atoms with van der Waals surface area (Å²) >= 11 is 1.88. The van der Waals surface area contributed by atoms with Crippen LogP contribution < -0.4 is 5.32 Å². The van der Waals surface area contributed by atoms with Crippen molar-refractivity contribution in [2.24, 2.45) is 0 Å². The molecule has 1 fully saturated rings. The number of hydrogen-bond acceptors (Lipinski definition) is 3. The van der Waals surface area contributed by atoms with E-state index < -0.39 is 5.60 Å². The first-order valence-corrected chi connectivity index (χ1v) is 10.2. The highest BCUT2D eigenvalue weighted by atomic mass is 32.2. The van der Waals surface area contributed by atoms with Gasteiger partial charge in [0.05, 0.1) is 0 Å². The van der Waals surface area contributed by atoms with Crippen LogP contribution in [0.25, 0.3) is 0 Å². The lowest BCUT2D eigenvalue weighted by Crippen LogP contribution is -2.45. The Morgan fingerprint density at radius 1 is 1.04 bits per heavy atom. The van der Waals surface area contributed by atoms with Crippen LogP contribution in [0.1, 0.15) is 72.8 Å². The molecule has 25 heavy (non-hydrogen) atoms. The van der Waals surface area contributed by atoms with Crippen molar-refractivity contribution in [1.29, 1.82) is 0 Å². The fourth-order valence-electron chi connectivity index (χ4n) is 3.07. The molecule has 1 aliphatic carbocycles. The SMILES string of the molecule is CC(C)(C)OC(=O)N[C@@H]1CCCC[C@H]1Sc1ccc(C(C)(C)C)cc1. The fourth-order valence-corrected chi connectivity index (χ4v) is 4.37. The van der Waals surface area contributed by atoms with Crippen LogP contribution in [0.4, 0.5) is 4.79 Å². The number of ether oxygens (including phenoxy) is 1. The number of rotatable bonds is 3. The summed E-state index contributed by atoms with van der Waals surface area (Å²) in [7, 11) is 0. The van der Waals surface area contributed by atoms with Crippen LogP contribution >= 0.6 is 11.8 Å². The average molecular weight is 364 g/mol. The van der Waals surface area contributed by atoms with E-state index in [4.69, 9.17) is 4.74 Å². The van der Waals surface area contributed by atoms with E-state index >= 15 is 0 Å². The molecule has 0 bridgehead atoms. The maximum Gasteiger partial charge on any atom is 0.407 e. The summed E-state index contributed by atoms with van der Waals surface area (Å²) < 4.78 is 5.43. The van der Waals surface area contributed by atoms with Crippen LogP contribution in [0.3, 0.4) is 0 Å². The van der Waals surface area contributed by atoms with Crippen LogP contribution in [0.5, 0.6) is 0 Å². The molecule has 4 heteroatoms. The Morgan fingerprint density at radius 2 is 1.64 bits per heavy atom. The van der Waals surface area contributed by atoms with Crippen molar-refractivity contribution in [3.05, 3.63) is 29.8 Å². The lowest BCUT2D eigenvalue weighted by Gasteiger charge is -2.32. The van der Waals surface area contributed by atoms with Crippen molar-refractivity contribution in [1.82, 2.24) is 5.32 Å². The highest BCUT2D eigenvalue weighted by Crippen LogP contribution is 2.35. The summed E-state index contributed by atoms with van der Waals surface area (Å²) in [5.74, 6) is 0. The lowest BCUT2D eigenvalue weighted by molar-refractivity contribution is 0.0495. The quantitative estimate of drug-likeness (QED) is 0.725. The number of carbonyl (C=O) groups excluding carboxylic acids is 1. The maximum absolute atomic E-state index is 12.1. The number of alkyl carbamates (subject to hydrolysis) is 1. The topological polar surface area (TPSA) is 38.3 Å². The Morgan fingerprint density at radius 3 is 2.20 bits per heavy atom. The van der Waals surface area contributed by atoms with E-state index in [1.165, 1.54) is 23.3 Å². The molecule has 0 spiro atoms. The van der Waals surface area contributed by atoms with E-state index in [1.54, 1.807) is 0 Å². The van der Waals surface area contributed by atoms with Crippen molar-refractivity contribution in [3.63, 3.8) is 0 Å². The van der Waals surface area contributed by atoms with Crippen LogP contribution in [-0.2, 0) is 10.2 Å². The van der Waals surface area contributed by atoms with Gasteiger partial charge in [-0.05, 0) is 56.7 Å². The van der Waals surface area contributed by atoms with Gasteiger partial charge in [0.15, 0.2) is 0 Å². The monoisotopic (exact) mass is 363 g/mol. The first-order chi connectivity index (χ1) is 11.5. The zero-order valence-electron chi connectivity index (χ0n) is 16.5. The average Bonchev–Trinajstić information content (AvgIpc) is 2.47. The summed E-state index contributed by atoms with van der Waals surface area (Å²) in [6, 6.07) is 9.05. The molecule has 0 unspecified atom stereocenters. The molecule has 140 valence electrons. The molecule has 2 atom stereocenters. The number of amides is 1. The second-order valence-corrected chi connectivity index (χ2v) is 10.3. The number of carbonyl (C=O) groups is 1. The molecule has 1 aromatic carbocycles. The first kappa shape index (κ1) is 20.2. The van der Waals surface area contributed by atoms with Gasteiger partial charge in [0.2, 0.25) is 0 Å². The van der Waals surface area contributed by atoms with Crippen LogP contribution in [0, 0.1) is 0 Å². The van der Waals surface area contributed by atoms with Gasteiger partial charge in [0, 0.05) is 16.2 Å². The Labute approximate surface area is 157 Å². The minimum Gasteiger partial charge on any atom is -0.444 e. The molecule has 2 rings (SSSR count). The van der Waals surface area contributed by atoms with Gasteiger partial charge in [-0.15, -0.1) is 11.8 Å². The van der Waals surface area contributed by atoms with Crippen molar-refractivity contribution in [2.75, 3.05) is 0 Å². The molecule has 0 radical (unpaired) electrons. The lowest BCUT2D eigenvalue weighted by atomic mass is 9.87. The summed E-state index contributed by atoms with van der Waals surface area (Å²) in [4.78, 5) is 13.4. The Bertz CT molecular complexity index is 569. The van der Waals surface area contributed by atoms with Gasteiger partial charge in [-0.3, -0.25) is 0 Å². The van der Waals surface area contributed by atoms with E-state index in [0.29, 0.717) is 5.25 Å².